The molecule has 1 aliphatic heterocycles. The van der Waals surface area contributed by atoms with E-state index in [-0.39, 0.29) is 48.0 Å². The smallest absolute Gasteiger partial charge is 0.332 e. The zero-order valence-corrected chi connectivity index (χ0v) is 29.6. The second-order valence-corrected chi connectivity index (χ2v) is 12.7. The highest BCUT2D eigenvalue weighted by molar-refractivity contribution is 6.28. The lowest BCUT2D eigenvalue weighted by Crippen LogP contribution is -2.36. The van der Waals surface area contributed by atoms with Gasteiger partial charge in [0, 0.05) is 55.9 Å². The van der Waals surface area contributed by atoms with E-state index in [1.54, 1.807) is 6.07 Å². The van der Waals surface area contributed by atoms with Gasteiger partial charge in [-0.1, -0.05) is 18.2 Å². The number of carbonyl (C=O) groups excluding carboxylic acids is 1. The summed E-state index contributed by atoms with van der Waals surface area (Å²) in [6.45, 7) is 6.60. The molecule has 1 aliphatic carbocycles. The molecule has 2 aliphatic rings. The first-order valence-electron chi connectivity index (χ1n) is 17.6. The fraction of sp³-hybridized carbons (Fsp3) is 0.400. The number of fused-ring (bicyclic) bond motifs is 3. The Hall–Kier alpha value is -5.45. The number of carbonyl (C=O) groups is 1. The van der Waals surface area contributed by atoms with Crippen LogP contribution in [0.4, 0.5) is 5.69 Å². The van der Waals surface area contributed by atoms with E-state index in [9.17, 15) is 35.1 Å². The zero-order valence-electron chi connectivity index (χ0n) is 29.6. The van der Waals surface area contributed by atoms with Crippen LogP contribution in [0.2, 0.25) is 0 Å². The third-order valence-electron chi connectivity index (χ3n) is 9.29. The van der Waals surface area contributed by atoms with Crippen molar-refractivity contribution in [3.05, 3.63) is 70.2 Å². The molecule has 1 saturated heterocycles. The first-order chi connectivity index (χ1) is 26.6. The van der Waals surface area contributed by atoms with E-state index < -0.39 is 48.3 Å². The van der Waals surface area contributed by atoms with Gasteiger partial charge < -0.3 is 61.4 Å². The minimum Gasteiger partial charge on any atom is -0.507 e. The molecule has 2 aromatic carbocycles. The maximum absolute atomic E-state index is 13.5. The van der Waals surface area contributed by atoms with Crippen molar-refractivity contribution in [2.75, 3.05) is 57.9 Å². The van der Waals surface area contributed by atoms with Crippen LogP contribution in [-0.4, -0.2) is 141 Å². The molecule has 0 spiro atoms. The summed E-state index contributed by atoms with van der Waals surface area (Å²) in [5, 5.41) is 90.2. The molecule has 55 heavy (non-hydrogen) atoms. The Balaban J connectivity index is 0.000000193. The lowest BCUT2D eigenvalue weighted by molar-refractivity contribution is -0.0527. The molecule has 4 atom stereocenters. The number of nitrogens with one attached hydrogen (secondary N) is 5. The Morgan fingerprint density at radius 1 is 0.964 bits per heavy atom. The van der Waals surface area contributed by atoms with Gasteiger partial charge in [-0.25, -0.2) is 9.36 Å². The number of hydrogen-bond donors (Lipinski definition) is 12. The number of H-pyrrole nitrogens is 1. The number of aromatic hydroxyl groups is 2. The van der Waals surface area contributed by atoms with Crippen molar-refractivity contribution < 1.29 is 45.3 Å². The average Bonchev–Trinajstić information content (AvgIpc) is 3.77. The number of aromatic nitrogens is 6. The van der Waals surface area contributed by atoms with Crippen LogP contribution in [0.3, 0.4) is 0 Å². The second-order valence-electron chi connectivity index (χ2n) is 12.7. The van der Waals surface area contributed by atoms with Crippen molar-refractivity contribution in [1.82, 2.24) is 39.5 Å². The zero-order chi connectivity index (χ0) is 39.4. The number of phenols is 1. The van der Waals surface area contributed by atoms with Crippen molar-refractivity contribution in [3.63, 3.8) is 0 Å². The standard InChI is InChI=1S/C22H27N5O4.C13H17N5O6/c28-12-9-23-6-7-25-15-4-5-16-20-19(15)22(31)18-14(2-1-3-17(18)30)21(20)26-27(16)11-8-24-10-13-29;1-2-3-17-6-9(15-12(14)16-10(6)22)18(13(17)23)11-8(21)7(20)5(4-19)24-11/h1-5,23-25,28-30H,6-13H2;2,5,7-8,11,19-21H,1,3-4H2,(H3,14,15,16,22)/t;5-,7-,8-,11-/m.1/s1. The maximum Gasteiger partial charge on any atom is 0.332 e. The lowest BCUT2D eigenvalue weighted by Gasteiger charge is -2.19. The summed E-state index contributed by atoms with van der Waals surface area (Å²) in [6.07, 6.45) is -3.83. The van der Waals surface area contributed by atoms with Gasteiger partial charge in [0.1, 0.15) is 40.9 Å². The van der Waals surface area contributed by atoms with Gasteiger partial charge in [-0.3, -0.25) is 19.5 Å². The molecule has 12 N–H and O–H groups in total. The van der Waals surface area contributed by atoms with Crippen molar-refractivity contribution in [2.45, 2.75) is 37.6 Å². The first-order valence-corrected chi connectivity index (χ1v) is 17.6. The van der Waals surface area contributed by atoms with Crippen LogP contribution in [0.1, 0.15) is 22.1 Å². The number of ether oxygens (including phenoxy) is 1. The Morgan fingerprint density at radius 2 is 1.71 bits per heavy atom. The normalized spacial score (nSPS) is 18.7. The molecule has 0 amide bonds. The number of nitrogens with zero attached hydrogens (tertiary/aromatic N) is 5. The van der Waals surface area contributed by atoms with Gasteiger partial charge in [-0.05, 0) is 18.2 Å². The predicted octanol–water partition coefficient (Wildman–Crippen LogP) is -1.96. The number of aliphatic hydroxyl groups excluding tert-OH is 5. The number of anilines is 1. The largest absolute Gasteiger partial charge is 0.507 e. The fourth-order valence-electron chi connectivity index (χ4n) is 6.83. The van der Waals surface area contributed by atoms with Crippen molar-refractivity contribution >= 4 is 33.5 Å². The molecule has 0 unspecified atom stereocenters. The fourth-order valence-corrected chi connectivity index (χ4v) is 6.83. The number of rotatable bonds is 15. The average molecular weight is 765 g/mol. The quantitative estimate of drug-likeness (QED) is 0.0399. The van der Waals surface area contributed by atoms with E-state index in [1.807, 2.05) is 22.9 Å². The van der Waals surface area contributed by atoms with E-state index in [2.05, 4.69) is 32.5 Å². The minimum atomic E-state index is -1.49. The molecule has 4 heterocycles. The SMILES string of the molecule is C=CCn1c(=O)n([C@@H]2O[C@H](CO)[C@@H](O)[C@H]2O)c2[nH]c(=N)nc(O)c21.O=C1c2c(O)cccc2-c2nn(CCNCCO)c3ccc(NCCNCCO)c1c23. The highest BCUT2D eigenvalue weighted by Crippen LogP contribution is 2.44. The van der Waals surface area contributed by atoms with Crippen LogP contribution in [0.25, 0.3) is 33.3 Å². The third kappa shape index (κ3) is 7.36. The van der Waals surface area contributed by atoms with Crippen LogP contribution in [-0.2, 0) is 17.8 Å². The Labute approximate surface area is 312 Å². The summed E-state index contributed by atoms with van der Waals surface area (Å²) >= 11 is 0. The van der Waals surface area contributed by atoms with Crippen molar-refractivity contribution in [2.24, 2.45) is 0 Å². The summed E-state index contributed by atoms with van der Waals surface area (Å²) in [6, 6.07) is 8.87. The van der Waals surface area contributed by atoms with Gasteiger partial charge in [0.15, 0.2) is 12.0 Å². The number of ketones is 1. The Morgan fingerprint density at radius 3 is 2.40 bits per heavy atom. The van der Waals surface area contributed by atoms with Crippen LogP contribution < -0.4 is 27.3 Å². The monoisotopic (exact) mass is 764 g/mol. The molecule has 0 bridgehead atoms. The van der Waals surface area contributed by atoms with E-state index in [0.29, 0.717) is 61.8 Å². The molecule has 20 nitrogen and oxygen atoms in total. The van der Waals surface area contributed by atoms with Crippen molar-refractivity contribution in [1.29, 1.82) is 5.41 Å². The Bertz CT molecular complexity index is 2320. The Kier molecular flexibility index (Phi) is 12.1. The van der Waals surface area contributed by atoms with Crippen LogP contribution in [0.15, 0.2) is 47.8 Å². The molecule has 0 radical (unpaired) electrons. The van der Waals surface area contributed by atoms with E-state index in [1.165, 1.54) is 12.1 Å². The van der Waals surface area contributed by atoms with Crippen molar-refractivity contribution in [3.8, 4) is 22.9 Å². The van der Waals surface area contributed by atoms with Crippen LogP contribution in [0, 0.1) is 5.41 Å². The molecule has 20 heteroatoms. The molecule has 5 aromatic rings. The van der Waals surface area contributed by atoms with Gasteiger partial charge in [0.05, 0.1) is 43.0 Å². The van der Waals surface area contributed by atoms with Gasteiger partial charge in [-0.2, -0.15) is 10.1 Å². The minimum absolute atomic E-state index is 0.00538. The topological polar surface area (TPSA) is 301 Å². The molecule has 1 fully saturated rings. The summed E-state index contributed by atoms with van der Waals surface area (Å²) in [5.74, 6) is -0.826. The number of phenolic OH excluding ortho intramolecular Hbond substituents is 1. The molecule has 0 saturated carbocycles. The number of aliphatic hydroxyl groups is 5. The first kappa shape index (κ1) is 39.2. The van der Waals surface area contributed by atoms with E-state index in [0.717, 1.165) is 20.0 Å². The van der Waals surface area contributed by atoms with Crippen LogP contribution >= 0.6 is 0 Å². The number of allylic oxidation sites excluding steroid dienone is 1. The van der Waals surface area contributed by atoms with E-state index in [4.69, 9.17) is 25.5 Å². The van der Waals surface area contributed by atoms with E-state index >= 15 is 0 Å². The molecule has 3 aromatic heterocycles. The molecule has 7 rings (SSSR count). The number of hydrogen-bond acceptors (Lipinski definition) is 16. The molecular formula is C35H44N10O10. The van der Waals surface area contributed by atoms with Gasteiger partial charge >= 0.3 is 5.69 Å². The molecular weight excluding hydrogens is 720 g/mol. The second kappa shape index (κ2) is 16.9. The summed E-state index contributed by atoms with van der Waals surface area (Å²) < 4.78 is 9.34. The highest BCUT2D eigenvalue weighted by atomic mass is 16.6. The summed E-state index contributed by atoms with van der Waals surface area (Å²) in [7, 11) is 0. The third-order valence-corrected chi connectivity index (χ3v) is 9.29. The summed E-state index contributed by atoms with van der Waals surface area (Å²) in [4.78, 5) is 32.2. The number of aromatic amines is 1. The van der Waals surface area contributed by atoms with Gasteiger partial charge in [0.25, 0.3) is 0 Å². The van der Waals surface area contributed by atoms with Gasteiger partial charge in [-0.15, -0.1) is 6.58 Å². The lowest BCUT2D eigenvalue weighted by atomic mass is 9.86. The summed E-state index contributed by atoms with van der Waals surface area (Å²) in [5.41, 5.74) is 2.56. The molecule has 294 valence electrons. The predicted molar refractivity (Wildman–Crippen MR) is 198 cm³/mol. The number of imidazole rings is 1. The number of benzene rings is 2. The van der Waals surface area contributed by atoms with Crippen LogP contribution in [0.5, 0.6) is 11.6 Å². The van der Waals surface area contributed by atoms with Gasteiger partial charge in [0.2, 0.25) is 11.5 Å². The highest BCUT2D eigenvalue weighted by Gasteiger charge is 2.45. The maximum atomic E-state index is 13.5.